The van der Waals surface area contributed by atoms with Gasteiger partial charge in [0.25, 0.3) is 0 Å². The molecule has 230 valence electrons. The van der Waals surface area contributed by atoms with Crippen LogP contribution in [-0.2, 0) is 21.6 Å². The number of aryl methyl sites for hydroxylation is 1. The van der Waals surface area contributed by atoms with Crippen LogP contribution < -0.4 is 0 Å². The Morgan fingerprint density at radius 1 is 1.05 bits per heavy atom. The zero-order chi connectivity index (χ0) is 29.8. The van der Waals surface area contributed by atoms with E-state index in [0.29, 0.717) is 23.6 Å². The molecule has 1 aliphatic heterocycles. The van der Waals surface area contributed by atoms with E-state index in [1.165, 1.54) is 50.3 Å². The van der Waals surface area contributed by atoms with E-state index in [0.717, 1.165) is 38.0 Å². The van der Waals surface area contributed by atoms with Gasteiger partial charge in [0, 0.05) is 18.3 Å². The summed E-state index contributed by atoms with van der Waals surface area (Å²) in [4.78, 5) is 22.3. The van der Waals surface area contributed by atoms with Crippen LogP contribution in [0.25, 0.3) is 0 Å². The SMILES string of the molecule is CCCCN1C=NC(CSCc2ccccc2)(OC(=O)OC)C1CC1CCC(C(CCc2ccccc2)N(C)C)CC1. The predicted octanol–water partition coefficient (Wildman–Crippen LogP) is 7.67. The van der Waals surface area contributed by atoms with Crippen molar-refractivity contribution in [1.29, 1.82) is 0 Å². The first-order valence-corrected chi connectivity index (χ1v) is 17.0. The summed E-state index contributed by atoms with van der Waals surface area (Å²) in [7, 11) is 5.87. The minimum Gasteiger partial charge on any atom is -0.438 e. The lowest BCUT2D eigenvalue weighted by atomic mass is 9.74. The van der Waals surface area contributed by atoms with Gasteiger partial charge >= 0.3 is 6.16 Å². The number of aliphatic imine (C=N–C) groups is 1. The molecule has 1 heterocycles. The van der Waals surface area contributed by atoms with E-state index < -0.39 is 11.9 Å². The lowest BCUT2D eigenvalue weighted by molar-refractivity contribution is -0.0434. The molecule has 1 aliphatic carbocycles. The topological polar surface area (TPSA) is 54.4 Å². The van der Waals surface area contributed by atoms with Crippen LogP contribution in [0, 0.1) is 11.8 Å². The maximum absolute atomic E-state index is 12.6. The third-order valence-electron chi connectivity index (χ3n) is 9.19. The van der Waals surface area contributed by atoms with Crippen LogP contribution in [0.2, 0.25) is 0 Å². The molecule has 7 heteroatoms. The molecule has 2 aromatic carbocycles. The fourth-order valence-corrected chi connectivity index (χ4v) is 7.95. The fourth-order valence-electron chi connectivity index (χ4n) is 6.80. The molecule has 0 aromatic heterocycles. The van der Waals surface area contributed by atoms with Gasteiger partial charge in [0.1, 0.15) is 0 Å². The first-order chi connectivity index (χ1) is 20.4. The van der Waals surface area contributed by atoms with Gasteiger partial charge in [0.2, 0.25) is 5.72 Å². The molecule has 0 spiro atoms. The highest BCUT2D eigenvalue weighted by molar-refractivity contribution is 7.98. The Bertz CT molecular complexity index is 1090. The molecule has 6 nitrogen and oxygen atoms in total. The van der Waals surface area contributed by atoms with Crippen LogP contribution in [0.4, 0.5) is 4.79 Å². The van der Waals surface area contributed by atoms with E-state index in [4.69, 9.17) is 14.5 Å². The highest BCUT2D eigenvalue weighted by atomic mass is 32.2. The molecule has 0 N–H and O–H groups in total. The summed E-state index contributed by atoms with van der Waals surface area (Å²) in [5, 5.41) is 0. The van der Waals surface area contributed by atoms with E-state index in [-0.39, 0.29) is 6.04 Å². The van der Waals surface area contributed by atoms with Crippen LogP contribution in [0.1, 0.15) is 69.4 Å². The van der Waals surface area contributed by atoms with Gasteiger partial charge in [-0.3, -0.25) is 0 Å². The first-order valence-electron chi connectivity index (χ1n) is 15.8. The van der Waals surface area contributed by atoms with Gasteiger partial charge in [-0.25, -0.2) is 9.79 Å². The lowest BCUT2D eigenvalue weighted by Gasteiger charge is -2.41. The number of hydrogen-bond acceptors (Lipinski definition) is 7. The normalized spacial score (nSPS) is 24.6. The van der Waals surface area contributed by atoms with Crippen LogP contribution >= 0.6 is 11.8 Å². The average molecular weight is 594 g/mol. The molecule has 1 fully saturated rings. The monoisotopic (exact) mass is 593 g/mol. The number of carbonyl (C=O) groups excluding carboxylic acids is 1. The predicted molar refractivity (Wildman–Crippen MR) is 175 cm³/mol. The average Bonchev–Trinajstić information content (AvgIpc) is 3.33. The molecule has 3 atom stereocenters. The largest absolute Gasteiger partial charge is 0.510 e. The Hall–Kier alpha value is -2.51. The molecule has 42 heavy (non-hydrogen) atoms. The number of unbranched alkanes of at least 4 members (excludes halogenated alkanes) is 1. The van der Waals surface area contributed by atoms with E-state index in [1.54, 1.807) is 11.8 Å². The Morgan fingerprint density at radius 3 is 2.33 bits per heavy atom. The van der Waals surface area contributed by atoms with Crippen LogP contribution in [0.15, 0.2) is 65.7 Å². The summed E-state index contributed by atoms with van der Waals surface area (Å²) >= 11 is 1.78. The van der Waals surface area contributed by atoms with Crippen LogP contribution in [0.5, 0.6) is 0 Å². The zero-order valence-electron chi connectivity index (χ0n) is 26.1. The van der Waals surface area contributed by atoms with Crippen molar-refractivity contribution in [2.45, 2.75) is 88.3 Å². The molecule has 4 rings (SSSR count). The fraction of sp³-hybridized carbons (Fsp3) is 0.600. The molecule has 0 radical (unpaired) electrons. The summed E-state index contributed by atoms with van der Waals surface area (Å²) in [6.07, 6.45) is 11.7. The third-order valence-corrected chi connectivity index (χ3v) is 10.3. The Morgan fingerprint density at radius 2 is 1.71 bits per heavy atom. The molecule has 3 unspecified atom stereocenters. The zero-order valence-corrected chi connectivity index (χ0v) is 26.9. The second-order valence-electron chi connectivity index (χ2n) is 12.3. The van der Waals surface area contributed by atoms with Crippen molar-refractivity contribution in [2.24, 2.45) is 16.8 Å². The van der Waals surface area contributed by atoms with Gasteiger partial charge in [0.15, 0.2) is 0 Å². The number of hydrogen-bond donors (Lipinski definition) is 0. The van der Waals surface area contributed by atoms with Gasteiger partial charge in [0.05, 0.1) is 25.2 Å². The van der Waals surface area contributed by atoms with Crippen molar-refractivity contribution in [3.8, 4) is 0 Å². The number of benzene rings is 2. The standard InChI is InChI=1S/C35H51N3O3S/c1-5-6-23-38-27-36-35(41-34(39)40-4,26-42-25-30-15-11-8-12-16-30)33(38)24-29-17-20-31(21-18-29)32(37(2)3)22-19-28-13-9-7-10-14-28/h7-16,27,29,31-33H,5-6,17-26H2,1-4H3. The summed E-state index contributed by atoms with van der Waals surface area (Å²) in [6, 6.07) is 22.0. The number of carbonyl (C=O) groups is 1. The second-order valence-corrected chi connectivity index (χ2v) is 13.3. The Balaban J connectivity index is 1.42. The molecule has 1 saturated carbocycles. The van der Waals surface area contributed by atoms with Crippen molar-refractivity contribution >= 4 is 24.3 Å². The van der Waals surface area contributed by atoms with Crippen LogP contribution in [-0.4, -0.2) is 73.6 Å². The Labute approximate surface area is 258 Å². The van der Waals surface area contributed by atoms with E-state index in [1.807, 2.05) is 12.4 Å². The molecular formula is C35H51N3O3S. The number of thioether (sulfide) groups is 1. The summed E-state index contributed by atoms with van der Waals surface area (Å²) in [5.74, 6) is 2.77. The summed E-state index contributed by atoms with van der Waals surface area (Å²) in [6.45, 7) is 3.15. The maximum atomic E-state index is 12.6. The van der Waals surface area contributed by atoms with E-state index in [2.05, 4.69) is 85.4 Å². The van der Waals surface area contributed by atoms with Crippen molar-refractivity contribution in [1.82, 2.24) is 9.80 Å². The quantitative estimate of drug-likeness (QED) is 0.198. The summed E-state index contributed by atoms with van der Waals surface area (Å²) in [5.41, 5.74) is 1.76. The molecule has 2 aliphatic rings. The van der Waals surface area contributed by atoms with Gasteiger partial charge in [-0.05, 0) is 75.6 Å². The van der Waals surface area contributed by atoms with Crippen LogP contribution in [0.3, 0.4) is 0 Å². The maximum Gasteiger partial charge on any atom is 0.510 e. The number of methoxy groups -OCH3 is 1. The lowest BCUT2D eigenvalue weighted by Crippen LogP contribution is -2.52. The number of ether oxygens (including phenoxy) is 2. The number of nitrogens with zero attached hydrogens (tertiary/aromatic N) is 3. The van der Waals surface area contributed by atoms with E-state index >= 15 is 0 Å². The first kappa shape index (κ1) is 32.4. The number of rotatable bonds is 15. The van der Waals surface area contributed by atoms with Gasteiger partial charge in [-0.1, -0.05) is 86.8 Å². The van der Waals surface area contributed by atoms with Crippen molar-refractivity contribution in [2.75, 3.05) is 33.5 Å². The highest BCUT2D eigenvalue weighted by Gasteiger charge is 2.50. The molecule has 0 saturated heterocycles. The highest BCUT2D eigenvalue weighted by Crippen LogP contribution is 2.41. The summed E-state index contributed by atoms with van der Waals surface area (Å²) < 4.78 is 11.1. The smallest absolute Gasteiger partial charge is 0.438 e. The van der Waals surface area contributed by atoms with Gasteiger partial charge in [-0.15, -0.1) is 0 Å². The van der Waals surface area contributed by atoms with Crippen molar-refractivity contribution in [3.05, 3.63) is 71.8 Å². The molecule has 2 aromatic rings. The molecule has 0 amide bonds. The van der Waals surface area contributed by atoms with Gasteiger partial charge < -0.3 is 19.3 Å². The minimum atomic E-state index is -0.932. The minimum absolute atomic E-state index is 0.0238. The Kier molecular flexibility index (Phi) is 12.6. The van der Waals surface area contributed by atoms with Gasteiger partial charge in [-0.2, -0.15) is 11.8 Å². The van der Waals surface area contributed by atoms with E-state index in [9.17, 15) is 4.79 Å². The van der Waals surface area contributed by atoms with Crippen molar-refractivity contribution < 1.29 is 14.3 Å². The molecular weight excluding hydrogens is 542 g/mol. The van der Waals surface area contributed by atoms with Crippen molar-refractivity contribution in [3.63, 3.8) is 0 Å². The molecule has 0 bridgehead atoms. The third kappa shape index (κ3) is 9.00. The second kappa shape index (κ2) is 16.4.